The highest BCUT2D eigenvalue weighted by Gasteiger charge is 2.30. The first-order valence-electron chi connectivity index (χ1n) is 6.69. The van der Waals surface area contributed by atoms with Gasteiger partial charge in [0.1, 0.15) is 0 Å². The van der Waals surface area contributed by atoms with E-state index in [9.17, 15) is 9.59 Å². The summed E-state index contributed by atoms with van der Waals surface area (Å²) in [5.74, 6) is -1.37. The van der Waals surface area contributed by atoms with E-state index in [2.05, 4.69) is 5.32 Å². The van der Waals surface area contributed by atoms with E-state index in [1.54, 1.807) is 12.1 Å². The fourth-order valence-electron chi connectivity index (χ4n) is 2.56. The smallest absolute Gasteiger partial charge is 0.306 e. The number of carbonyl (C=O) groups excluding carboxylic acids is 1. The van der Waals surface area contributed by atoms with Crippen LogP contribution in [0.25, 0.3) is 0 Å². The molecule has 1 aliphatic rings. The van der Waals surface area contributed by atoms with Crippen molar-refractivity contribution in [3.8, 4) is 0 Å². The first-order valence-corrected chi connectivity index (χ1v) is 7.06. The maximum atomic E-state index is 12.2. The quantitative estimate of drug-likeness (QED) is 0.901. The van der Waals surface area contributed by atoms with Gasteiger partial charge in [0.05, 0.1) is 16.5 Å². The molecule has 2 atom stereocenters. The summed E-state index contributed by atoms with van der Waals surface area (Å²) in [6.45, 7) is 3.87. The second kappa shape index (κ2) is 5.83. The van der Waals surface area contributed by atoms with Gasteiger partial charge in [-0.05, 0) is 56.4 Å². The van der Waals surface area contributed by atoms with Crippen LogP contribution in [0.2, 0.25) is 5.02 Å². The van der Waals surface area contributed by atoms with Crippen LogP contribution >= 0.6 is 11.6 Å². The highest BCUT2D eigenvalue weighted by Crippen LogP contribution is 2.27. The number of nitrogens with one attached hydrogen (secondary N) is 1. The summed E-state index contributed by atoms with van der Waals surface area (Å²) in [7, 11) is 0. The number of benzene rings is 1. The Morgan fingerprint density at radius 3 is 2.50 bits per heavy atom. The molecule has 0 aliphatic heterocycles. The van der Waals surface area contributed by atoms with E-state index >= 15 is 0 Å². The van der Waals surface area contributed by atoms with Crippen molar-refractivity contribution in [1.82, 2.24) is 5.32 Å². The fraction of sp³-hybridized carbons (Fsp3) is 0.467. The number of aryl methyl sites for hydroxylation is 2. The third kappa shape index (κ3) is 3.12. The molecule has 108 valence electrons. The van der Waals surface area contributed by atoms with Gasteiger partial charge in [0.15, 0.2) is 0 Å². The average molecular weight is 296 g/mol. The molecule has 0 heterocycles. The molecule has 0 saturated heterocycles. The summed E-state index contributed by atoms with van der Waals surface area (Å²) in [5.41, 5.74) is 2.50. The summed E-state index contributed by atoms with van der Waals surface area (Å²) in [4.78, 5) is 23.1. The number of rotatable bonds is 3. The molecule has 1 saturated carbocycles. The highest BCUT2D eigenvalue weighted by molar-refractivity contribution is 6.34. The van der Waals surface area contributed by atoms with Gasteiger partial charge in [-0.2, -0.15) is 0 Å². The largest absolute Gasteiger partial charge is 0.481 e. The van der Waals surface area contributed by atoms with Crippen LogP contribution in [0.1, 0.15) is 40.7 Å². The van der Waals surface area contributed by atoms with Gasteiger partial charge in [0, 0.05) is 6.04 Å². The molecule has 0 unspecified atom stereocenters. The number of carboxylic acids is 1. The number of aliphatic carboxylic acids is 1. The van der Waals surface area contributed by atoms with E-state index < -0.39 is 5.97 Å². The Morgan fingerprint density at radius 2 is 1.90 bits per heavy atom. The molecule has 0 radical (unpaired) electrons. The molecule has 5 heteroatoms. The predicted octanol–water partition coefficient (Wildman–Crippen LogP) is 2.94. The number of hydrogen-bond acceptors (Lipinski definition) is 2. The molecule has 1 aromatic carbocycles. The molecule has 2 rings (SSSR count). The Balaban J connectivity index is 2.06. The third-order valence-electron chi connectivity index (χ3n) is 3.95. The fourth-order valence-corrected chi connectivity index (χ4v) is 2.86. The predicted molar refractivity (Wildman–Crippen MR) is 77.2 cm³/mol. The minimum atomic E-state index is -0.786. The molecule has 0 bridgehead atoms. The Morgan fingerprint density at radius 1 is 1.25 bits per heavy atom. The van der Waals surface area contributed by atoms with E-state index in [1.807, 2.05) is 13.8 Å². The molecule has 1 fully saturated rings. The maximum Gasteiger partial charge on any atom is 0.306 e. The zero-order valence-electron chi connectivity index (χ0n) is 11.6. The van der Waals surface area contributed by atoms with Gasteiger partial charge in [-0.1, -0.05) is 11.6 Å². The van der Waals surface area contributed by atoms with Crippen LogP contribution in [-0.4, -0.2) is 23.0 Å². The van der Waals surface area contributed by atoms with Gasteiger partial charge in [-0.3, -0.25) is 9.59 Å². The van der Waals surface area contributed by atoms with Crippen LogP contribution in [0.4, 0.5) is 0 Å². The number of halogens is 1. The molecule has 2 N–H and O–H groups in total. The molecule has 4 nitrogen and oxygen atoms in total. The summed E-state index contributed by atoms with van der Waals surface area (Å²) in [5, 5.41) is 12.3. The average Bonchev–Trinajstić information content (AvgIpc) is 2.82. The lowest BCUT2D eigenvalue weighted by molar-refractivity contribution is -0.141. The number of amides is 1. The van der Waals surface area contributed by atoms with E-state index in [0.29, 0.717) is 29.8 Å². The van der Waals surface area contributed by atoms with E-state index in [4.69, 9.17) is 16.7 Å². The van der Waals surface area contributed by atoms with Crippen molar-refractivity contribution in [2.75, 3.05) is 0 Å². The number of hydrogen-bond donors (Lipinski definition) is 2. The number of carboxylic acid groups (broad SMARTS) is 1. The van der Waals surface area contributed by atoms with Gasteiger partial charge in [-0.15, -0.1) is 0 Å². The highest BCUT2D eigenvalue weighted by atomic mass is 35.5. The molecular weight excluding hydrogens is 278 g/mol. The molecule has 0 spiro atoms. The van der Waals surface area contributed by atoms with Crippen molar-refractivity contribution in [1.29, 1.82) is 0 Å². The third-order valence-corrected chi connectivity index (χ3v) is 4.26. The zero-order valence-corrected chi connectivity index (χ0v) is 12.3. The maximum absolute atomic E-state index is 12.2. The minimum Gasteiger partial charge on any atom is -0.481 e. The van der Waals surface area contributed by atoms with E-state index in [1.165, 1.54) is 0 Å². The van der Waals surface area contributed by atoms with Gasteiger partial charge in [0.2, 0.25) is 0 Å². The van der Waals surface area contributed by atoms with Crippen molar-refractivity contribution >= 4 is 23.5 Å². The van der Waals surface area contributed by atoms with Crippen LogP contribution in [-0.2, 0) is 4.79 Å². The summed E-state index contributed by atoms with van der Waals surface area (Å²) < 4.78 is 0. The summed E-state index contributed by atoms with van der Waals surface area (Å²) in [6, 6.07) is 3.47. The van der Waals surface area contributed by atoms with Crippen molar-refractivity contribution in [2.24, 2.45) is 5.92 Å². The lowest BCUT2D eigenvalue weighted by Gasteiger charge is -2.14. The SMILES string of the molecule is Cc1cc(Cl)c(C(=O)N[C@@H]2CC[C@H](C(=O)O)C2)cc1C. The Hall–Kier alpha value is -1.55. The molecular formula is C15H18ClNO3. The lowest BCUT2D eigenvalue weighted by Crippen LogP contribution is -2.33. The lowest BCUT2D eigenvalue weighted by atomic mass is 10.1. The first kappa shape index (κ1) is 14.9. The van der Waals surface area contributed by atoms with Crippen molar-refractivity contribution < 1.29 is 14.7 Å². The summed E-state index contributed by atoms with van der Waals surface area (Å²) in [6.07, 6.45) is 1.80. The molecule has 1 aromatic rings. The van der Waals surface area contributed by atoms with Crippen LogP contribution in [0.5, 0.6) is 0 Å². The zero-order chi connectivity index (χ0) is 14.9. The Kier molecular flexibility index (Phi) is 4.33. The minimum absolute atomic E-state index is 0.0822. The van der Waals surface area contributed by atoms with E-state index in [-0.39, 0.29) is 17.9 Å². The van der Waals surface area contributed by atoms with Gasteiger partial charge < -0.3 is 10.4 Å². The Labute approximate surface area is 123 Å². The normalized spacial score (nSPS) is 21.8. The molecule has 20 heavy (non-hydrogen) atoms. The van der Waals surface area contributed by atoms with Crippen LogP contribution < -0.4 is 5.32 Å². The second-order valence-electron chi connectivity index (χ2n) is 5.43. The number of carbonyl (C=O) groups is 2. The summed E-state index contributed by atoms with van der Waals surface area (Å²) >= 11 is 6.11. The standard InChI is InChI=1S/C15H18ClNO3/c1-8-5-12(13(16)6-9(8)2)14(18)17-11-4-3-10(7-11)15(19)20/h5-6,10-11H,3-4,7H2,1-2H3,(H,17,18)(H,19,20)/t10-,11+/m0/s1. The Bertz CT molecular complexity index is 556. The van der Waals surface area contributed by atoms with Crippen LogP contribution in [0.3, 0.4) is 0 Å². The molecule has 0 aromatic heterocycles. The van der Waals surface area contributed by atoms with Gasteiger partial charge in [-0.25, -0.2) is 0 Å². The topological polar surface area (TPSA) is 66.4 Å². The monoisotopic (exact) mass is 295 g/mol. The second-order valence-corrected chi connectivity index (χ2v) is 5.84. The van der Waals surface area contributed by atoms with Crippen molar-refractivity contribution in [3.05, 3.63) is 33.8 Å². The molecule has 1 aliphatic carbocycles. The van der Waals surface area contributed by atoms with Crippen LogP contribution in [0.15, 0.2) is 12.1 Å². The van der Waals surface area contributed by atoms with Gasteiger partial charge >= 0.3 is 5.97 Å². The van der Waals surface area contributed by atoms with Crippen molar-refractivity contribution in [2.45, 2.75) is 39.2 Å². The first-order chi connectivity index (χ1) is 9.38. The molecule has 1 amide bonds. The van der Waals surface area contributed by atoms with Gasteiger partial charge in [0.25, 0.3) is 5.91 Å². The van der Waals surface area contributed by atoms with E-state index in [0.717, 1.165) is 11.1 Å². The van der Waals surface area contributed by atoms with Crippen LogP contribution in [0, 0.1) is 19.8 Å². The van der Waals surface area contributed by atoms with Crippen molar-refractivity contribution in [3.63, 3.8) is 0 Å².